The number of carbonyl (C=O) groups is 3. The maximum absolute atomic E-state index is 12.1. The highest BCUT2D eigenvalue weighted by molar-refractivity contribution is 5.96. The predicted molar refractivity (Wildman–Crippen MR) is 101 cm³/mol. The number of benzene rings is 2. The van der Waals surface area contributed by atoms with E-state index in [0.29, 0.717) is 11.3 Å². The van der Waals surface area contributed by atoms with Crippen molar-refractivity contribution >= 4 is 17.9 Å². The Morgan fingerprint density at radius 3 is 1.90 bits per heavy atom. The molecule has 2 aromatic carbocycles. The molecular formula is C21H19NO7. The Morgan fingerprint density at radius 2 is 1.41 bits per heavy atom. The third-order valence-corrected chi connectivity index (χ3v) is 3.50. The lowest BCUT2D eigenvalue weighted by Gasteiger charge is -2.10. The molecule has 0 saturated heterocycles. The van der Waals surface area contributed by atoms with Crippen molar-refractivity contribution in [2.45, 2.75) is 13.8 Å². The highest BCUT2D eigenvalue weighted by Gasteiger charge is 2.17. The topological polar surface area (TPSA) is 112 Å². The second-order valence-electron chi connectivity index (χ2n) is 5.59. The number of rotatable bonds is 8. The van der Waals surface area contributed by atoms with E-state index in [9.17, 15) is 14.4 Å². The van der Waals surface area contributed by atoms with Crippen molar-refractivity contribution in [1.82, 2.24) is 0 Å². The molecule has 8 heteroatoms. The monoisotopic (exact) mass is 397 g/mol. The van der Waals surface area contributed by atoms with Crippen LogP contribution in [0.5, 0.6) is 11.5 Å². The van der Waals surface area contributed by atoms with Crippen molar-refractivity contribution in [2.24, 2.45) is 0 Å². The molecule has 0 atom stereocenters. The largest absolute Gasteiger partial charge is 0.482 e. The lowest BCUT2D eigenvalue weighted by Crippen LogP contribution is -2.18. The summed E-state index contributed by atoms with van der Waals surface area (Å²) in [5.41, 5.74) is 0.559. The van der Waals surface area contributed by atoms with Crippen LogP contribution in [-0.2, 0) is 14.3 Å². The van der Waals surface area contributed by atoms with E-state index in [1.54, 1.807) is 38.1 Å². The lowest BCUT2D eigenvalue weighted by molar-refractivity contribution is -0.136. The molecule has 0 amide bonds. The highest BCUT2D eigenvalue weighted by Crippen LogP contribution is 2.20. The van der Waals surface area contributed by atoms with Gasteiger partial charge in [-0.05, 0) is 56.3 Å². The second-order valence-corrected chi connectivity index (χ2v) is 5.59. The highest BCUT2D eigenvalue weighted by atomic mass is 16.6. The minimum Gasteiger partial charge on any atom is -0.482 e. The summed E-state index contributed by atoms with van der Waals surface area (Å²) in [5, 5.41) is 8.77. The molecule has 0 fully saturated rings. The molecule has 150 valence electrons. The van der Waals surface area contributed by atoms with Gasteiger partial charge in [0.15, 0.2) is 6.61 Å². The van der Waals surface area contributed by atoms with Crippen LogP contribution in [0.25, 0.3) is 0 Å². The maximum Gasteiger partial charge on any atom is 0.349 e. The van der Waals surface area contributed by atoms with Gasteiger partial charge < -0.3 is 18.9 Å². The van der Waals surface area contributed by atoms with Gasteiger partial charge in [-0.2, -0.15) is 5.26 Å². The number of ether oxygens (including phenoxy) is 4. The first kappa shape index (κ1) is 21.4. The second kappa shape index (κ2) is 10.5. The molecule has 2 rings (SSSR count). The van der Waals surface area contributed by atoms with Gasteiger partial charge in [0.1, 0.15) is 11.5 Å². The first-order valence-corrected chi connectivity index (χ1v) is 8.79. The van der Waals surface area contributed by atoms with E-state index in [1.165, 1.54) is 18.2 Å². The number of esters is 3. The predicted octanol–water partition coefficient (Wildman–Crippen LogP) is 2.90. The molecule has 0 spiro atoms. The van der Waals surface area contributed by atoms with Gasteiger partial charge in [0.25, 0.3) is 0 Å². The van der Waals surface area contributed by atoms with E-state index in [-0.39, 0.29) is 30.1 Å². The molecule has 0 unspecified atom stereocenters. The molecule has 8 nitrogen and oxygen atoms in total. The minimum absolute atomic E-state index is 0.0213. The quantitative estimate of drug-likeness (QED) is 0.494. The Bertz CT molecular complexity index is 893. The summed E-state index contributed by atoms with van der Waals surface area (Å²) < 4.78 is 20.3. The van der Waals surface area contributed by atoms with Gasteiger partial charge in [-0.25, -0.2) is 14.4 Å². The molecular weight excluding hydrogens is 378 g/mol. The molecule has 0 saturated carbocycles. The molecule has 2 aromatic rings. The summed E-state index contributed by atoms with van der Waals surface area (Å²) in [4.78, 5) is 36.1. The van der Waals surface area contributed by atoms with E-state index in [1.807, 2.05) is 6.07 Å². The van der Waals surface area contributed by atoms with Gasteiger partial charge in [-0.3, -0.25) is 0 Å². The fourth-order valence-electron chi connectivity index (χ4n) is 2.25. The molecule has 0 heterocycles. The van der Waals surface area contributed by atoms with Crippen molar-refractivity contribution in [1.29, 1.82) is 5.26 Å². The molecule has 0 aromatic heterocycles. The summed E-state index contributed by atoms with van der Waals surface area (Å²) in [7, 11) is 0. The Morgan fingerprint density at radius 1 is 0.862 bits per heavy atom. The van der Waals surface area contributed by atoms with Crippen molar-refractivity contribution in [3.63, 3.8) is 0 Å². The van der Waals surface area contributed by atoms with Gasteiger partial charge in [-0.15, -0.1) is 0 Å². The smallest absolute Gasteiger partial charge is 0.349 e. The van der Waals surface area contributed by atoms with Crippen LogP contribution in [0.1, 0.15) is 40.1 Å². The third-order valence-electron chi connectivity index (χ3n) is 3.50. The zero-order chi connectivity index (χ0) is 21.2. The molecule has 0 bridgehead atoms. The van der Waals surface area contributed by atoms with Crippen LogP contribution < -0.4 is 9.47 Å². The molecule has 0 aliphatic carbocycles. The number of nitriles is 1. The van der Waals surface area contributed by atoms with E-state index in [2.05, 4.69) is 0 Å². The average molecular weight is 397 g/mol. The van der Waals surface area contributed by atoms with Gasteiger partial charge in [0.05, 0.1) is 36.0 Å². The number of nitrogens with zero attached hydrogens (tertiary/aromatic N) is 1. The maximum atomic E-state index is 12.1. The Labute approximate surface area is 167 Å². The minimum atomic E-state index is -0.745. The van der Waals surface area contributed by atoms with Crippen LogP contribution in [0, 0.1) is 11.3 Å². The standard InChI is InChI=1S/C21H19NO7/c1-3-26-20(24)15-9-16(21(25)27-4-2)11-18(10-15)29-19(23)13-28-17-7-5-14(12-22)6-8-17/h5-11H,3-4,13H2,1-2H3. The van der Waals surface area contributed by atoms with Crippen molar-refractivity contribution in [3.8, 4) is 17.6 Å². The number of hydrogen-bond donors (Lipinski definition) is 0. The number of hydrogen-bond acceptors (Lipinski definition) is 8. The van der Waals surface area contributed by atoms with Crippen LogP contribution in [0.2, 0.25) is 0 Å². The Kier molecular flexibility index (Phi) is 7.74. The zero-order valence-electron chi connectivity index (χ0n) is 16.0. The molecule has 29 heavy (non-hydrogen) atoms. The lowest BCUT2D eigenvalue weighted by atomic mass is 10.1. The van der Waals surface area contributed by atoms with E-state index in [0.717, 1.165) is 0 Å². The van der Waals surface area contributed by atoms with Crippen LogP contribution in [0.4, 0.5) is 0 Å². The van der Waals surface area contributed by atoms with E-state index >= 15 is 0 Å². The summed E-state index contributed by atoms with van der Waals surface area (Å²) in [6.45, 7) is 3.18. The number of carbonyl (C=O) groups excluding carboxylic acids is 3. The van der Waals surface area contributed by atoms with E-state index < -0.39 is 24.5 Å². The first-order chi connectivity index (χ1) is 14.0. The van der Waals surface area contributed by atoms with Crippen molar-refractivity contribution in [2.75, 3.05) is 19.8 Å². The average Bonchev–Trinajstić information content (AvgIpc) is 2.72. The first-order valence-electron chi connectivity index (χ1n) is 8.79. The van der Waals surface area contributed by atoms with Crippen molar-refractivity contribution in [3.05, 3.63) is 59.2 Å². The molecule has 0 aliphatic rings. The van der Waals surface area contributed by atoms with Crippen LogP contribution >= 0.6 is 0 Å². The fourth-order valence-corrected chi connectivity index (χ4v) is 2.25. The van der Waals surface area contributed by atoms with E-state index in [4.69, 9.17) is 24.2 Å². The fraction of sp³-hybridized carbons (Fsp3) is 0.238. The normalized spacial score (nSPS) is 9.83. The van der Waals surface area contributed by atoms with Crippen LogP contribution in [0.15, 0.2) is 42.5 Å². The third kappa shape index (κ3) is 6.36. The van der Waals surface area contributed by atoms with Crippen molar-refractivity contribution < 1.29 is 33.3 Å². The summed E-state index contributed by atoms with van der Waals surface area (Å²) in [5.74, 6) is -1.71. The molecule has 0 radical (unpaired) electrons. The molecule has 0 N–H and O–H groups in total. The van der Waals surface area contributed by atoms with Crippen LogP contribution in [0.3, 0.4) is 0 Å². The van der Waals surface area contributed by atoms with Gasteiger partial charge in [0.2, 0.25) is 0 Å². The SMILES string of the molecule is CCOC(=O)c1cc(OC(=O)COc2ccc(C#N)cc2)cc(C(=O)OCC)c1. The van der Waals surface area contributed by atoms with Crippen LogP contribution in [-0.4, -0.2) is 37.7 Å². The summed E-state index contributed by atoms with van der Waals surface area (Å²) in [6, 6.07) is 12.1. The summed E-state index contributed by atoms with van der Waals surface area (Å²) >= 11 is 0. The summed E-state index contributed by atoms with van der Waals surface area (Å²) in [6.07, 6.45) is 0. The van der Waals surface area contributed by atoms with Gasteiger partial charge in [0, 0.05) is 0 Å². The molecule has 0 aliphatic heterocycles. The van der Waals surface area contributed by atoms with Gasteiger partial charge >= 0.3 is 17.9 Å². The Balaban J connectivity index is 2.12. The zero-order valence-corrected chi connectivity index (χ0v) is 16.0. The van der Waals surface area contributed by atoms with Gasteiger partial charge in [-0.1, -0.05) is 0 Å². The Hall–Kier alpha value is -3.86.